The molecule has 178 valence electrons. The fourth-order valence-corrected chi connectivity index (χ4v) is 3.29. The second-order valence-corrected chi connectivity index (χ2v) is 7.52. The molecule has 0 aliphatic rings. The molecule has 1 heterocycles. The number of hydrazine groups is 1. The van der Waals surface area contributed by atoms with Crippen LogP contribution in [0.25, 0.3) is 16.9 Å². The van der Waals surface area contributed by atoms with Gasteiger partial charge in [0.05, 0.1) is 18.5 Å². The average molecular weight is 474 g/mol. The third-order valence-corrected chi connectivity index (χ3v) is 5.14. The minimum atomic E-state index is -1.05. The predicted octanol–water partition coefficient (Wildman–Crippen LogP) is 3.92. The van der Waals surface area contributed by atoms with Crippen LogP contribution in [-0.2, 0) is 4.79 Å². The van der Waals surface area contributed by atoms with Crippen LogP contribution in [0.4, 0.5) is 4.39 Å². The zero-order chi connectivity index (χ0) is 24.8. The SMILES string of the molecule is COc1ccc(-c2cc(C(=O)NNC(=O)C(C)Oc3ccccc3F)nn2-c2ccccc2)cc1. The Morgan fingerprint density at radius 2 is 1.63 bits per heavy atom. The van der Waals surface area contributed by atoms with Crippen LogP contribution in [0.1, 0.15) is 17.4 Å². The number of benzene rings is 3. The first-order valence-electron chi connectivity index (χ1n) is 10.8. The van der Waals surface area contributed by atoms with Crippen molar-refractivity contribution in [3.05, 3.63) is 96.4 Å². The number of hydrogen-bond acceptors (Lipinski definition) is 5. The van der Waals surface area contributed by atoms with E-state index < -0.39 is 23.7 Å². The van der Waals surface area contributed by atoms with Gasteiger partial charge in [-0.25, -0.2) is 9.07 Å². The molecule has 0 spiro atoms. The van der Waals surface area contributed by atoms with Gasteiger partial charge in [0.25, 0.3) is 11.8 Å². The van der Waals surface area contributed by atoms with Gasteiger partial charge < -0.3 is 9.47 Å². The third kappa shape index (κ3) is 5.47. The summed E-state index contributed by atoms with van der Waals surface area (Å²) in [5, 5.41) is 4.44. The van der Waals surface area contributed by atoms with E-state index in [1.54, 1.807) is 23.9 Å². The van der Waals surface area contributed by atoms with Crippen molar-refractivity contribution in [2.45, 2.75) is 13.0 Å². The van der Waals surface area contributed by atoms with Gasteiger partial charge in [0.2, 0.25) is 0 Å². The first-order valence-corrected chi connectivity index (χ1v) is 10.8. The molecule has 0 fully saturated rings. The molecule has 9 heteroatoms. The number of hydrogen-bond donors (Lipinski definition) is 2. The number of aromatic nitrogens is 2. The first-order chi connectivity index (χ1) is 17.0. The van der Waals surface area contributed by atoms with E-state index >= 15 is 0 Å². The molecule has 8 nitrogen and oxygen atoms in total. The monoisotopic (exact) mass is 474 g/mol. The molecule has 2 N–H and O–H groups in total. The fourth-order valence-electron chi connectivity index (χ4n) is 3.29. The summed E-state index contributed by atoms with van der Waals surface area (Å²) in [5.41, 5.74) is 6.96. The van der Waals surface area contributed by atoms with E-state index in [1.165, 1.54) is 25.1 Å². The Hall–Kier alpha value is -4.66. The van der Waals surface area contributed by atoms with Gasteiger partial charge >= 0.3 is 0 Å². The summed E-state index contributed by atoms with van der Waals surface area (Å²) in [6.45, 7) is 1.44. The van der Waals surface area contributed by atoms with Crippen LogP contribution in [0.5, 0.6) is 11.5 Å². The van der Waals surface area contributed by atoms with Gasteiger partial charge in [-0.15, -0.1) is 0 Å². The van der Waals surface area contributed by atoms with Crippen molar-refractivity contribution in [2.24, 2.45) is 0 Å². The zero-order valence-electron chi connectivity index (χ0n) is 19.1. The maximum Gasteiger partial charge on any atom is 0.290 e. The molecule has 0 saturated carbocycles. The second kappa shape index (κ2) is 10.5. The summed E-state index contributed by atoms with van der Waals surface area (Å²) in [6.07, 6.45) is -1.05. The summed E-state index contributed by atoms with van der Waals surface area (Å²) in [4.78, 5) is 25.1. The topological polar surface area (TPSA) is 94.5 Å². The quantitative estimate of drug-likeness (QED) is 0.396. The largest absolute Gasteiger partial charge is 0.497 e. The van der Waals surface area contributed by atoms with E-state index in [0.717, 1.165) is 11.3 Å². The van der Waals surface area contributed by atoms with Gasteiger partial charge in [0, 0.05) is 5.56 Å². The Morgan fingerprint density at radius 1 is 0.943 bits per heavy atom. The molecule has 0 aliphatic carbocycles. The van der Waals surface area contributed by atoms with E-state index in [4.69, 9.17) is 9.47 Å². The number of nitrogens with one attached hydrogen (secondary N) is 2. The first kappa shape index (κ1) is 23.5. The van der Waals surface area contributed by atoms with Crippen molar-refractivity contribution in [3.8, 4) is 28.4 Å². The van der Waals surface area contributed by atoms with E-state index in [9.17, 15) is 14.0 Å². The van der Waals surface area contributed by atoms with Gasteiger partial charge in [0.1, 0.15) is 5.75 Å². The molecule has 0 bridgehead atoms. The number of amides is 2. The Balaban J connectivity index is 1.51. The molecule has 4 rings (SSSR count). The van der Waals surface area contributed by atoms with Gasteiger partial charge in [-0.1, -0.05) is 30.3 Å². The second-order valence-electron chi connectivity index (χ2n) is 7.52. The standard InChI is InChI=1S/C26H23FN4O4/c1-17(35-24-11-7-6-10-21(24)27)25(32)28-29-26(33)22-16-23(18-12-14-20(34-2)15-13-18)31(30-22)19-8-4-3-5-9-19/h3-17H,1-2H3,(H,28,32)(H,29,33). The number of methoxy groups -OCH3 is 1. The Morgan fingerprint density at radius 3 is 2.31 bits per heavy atom. The molecular weight excluding hydrogens is 451 g/mol. The lowest BCUT2D eigenvalue weighted by Gasteiger charge is -2.15. The minimum Gasteiger partial charge on any atom is -0.497 e. The highest BCUT2D eigenvalue weighted by molar-refractivity contribution is 5.95. The van der Waals surface area contributed by atoms with Gasteiger partial charge in [-0.3, -0.25) is 20.4 Å². The van der Waals surface area contributed by atoms with Crippen LogP contribution >= 0.6 is 0 Å². The molecule has 0 radical (unpaired) electrons. The van der Waals surface area contributed by atoms with Gasteiger partial charge in [0.15, 0.2) is 23.4 Å². The molecule has 1 aromatic heterocycles. The summed E-state index contributed by atoms with van der Waals surface area (Å²) in [6, 6.07) is 24.1. The summed E-state index contributed by atoms with van der Waals surface area (Å²) < 4.78 is 26.0. The number of carbonyl (C=O) groups is 2. The highest BCUT2D eigenvalue weighted by Crippen LogP contribution is 2.26. The molecule has 0 aliphatic heterocycles. The lowest BCUT2D eigenvalue weighted by molar-refractivity contribution is -0.128. The van der Waals surface area contributed by atoms with E-state index in [2.05, 4.69) is 16.0 Å². The van der Waals surface area contributed by atoms with Crippen molar-refractivity contribution in [1.29, 1.82) is 0 Å². The van der Waals surface area contributed by atoms with Crippen LogP contribution in [0.15, 0.2) is 84.9 Å². The van der Waals surface area contributed by atoms with E-state index in [1.807, 2.05) is 54.6 Å². The van der Waals surface area contributed by atoms with E-state index in [-0.39, 0.29) is 11.4 Å². The van der Waals surface area contributed by atoms with Crippen molar-refractivity contribution in [1.82, 2.24) is 20.6 Å². The van der Waals surface area contributed by atoms with Gasteiger partial charge in [-0.2, -0.15) is 5.10 Å². The van der Waals surface area contributed by atoms with Gasteiger partial charge in [-0.05, 0) is 61.5 Å². The molecule has 0 saturated heterocycles. The molecule has 35 heavy (non-hydrogen) atoms. The average Bonchev–Trinajstić information content (AvgIpc) is 3.34. The molecule has 4 aromatic rings. The highest BCUT2D eigenvalue weighted by Gasteiger charge is 2.20. The zero-order valence-corrected chi connectivity index (χ0v) is 19.1. The summed E-state index contributed by atoms with van der Waals surface area (Å²) in [5.74, 6) is -1.23. The van der Waals surface area contributed by atoms with Crippen LogP contribution in [0, 0.1) is 5.82 Å². The maximum atomic E-state index is 13.8. The molecule has 1 unspecified atom stereocenters. The summed E-state index contributed by atoms with van der Waals surface area (Å²) in [7, 11) is 1.59. The molecular formula is C26H23FN4O4. The number of ether oxygens (including phenoxy) is 2. The number of nitrogens with zero attached hydrogens (tertiary/aromatic N) is 2. The minimum absolute atomic E-state index is 0.0628. The number of carbonyl (C=O) groups excluding carboxylic acids is 2. The van der Waals surface area contributed by atoms with Crippen molar-refractivity contribution in [2.75, 3.05) is 7.11 Å². The fraction of sp³-hybridized carbons (Fsp3) is 0.115. The number of halogens is 1. The lowest BCUT2D eigenvalue weighted by atomic mass is 10.1. The molecule has 3 aromatic carbocycles. The molecule has 1 atom stereocenters. The highest BCUT2D eigenvalue weighted by atomic mass is 19.1. The predicted molar refractivity (Wildman–Crippen MR) is 128 cm³/mol. The van der Waals surface area contributed by atoms with Crippen LogP contribution in [-0.4, -0.2) is 34.8 Å². The van der Waals surface area contributed by atoms with Crippen molar-refractivity contribution in [3.63, 3.8) is 0 Å². The maximum absolute atomic E-state index is 13.8. The van der Waals surface area contributed by atoms with Crippen LogP contribution in [0.2, 0.25) is 0 Å². The Labute approximate surface area is 201 Å². The number of rotatable bonds is 7. The van der Waals surface area contributed by atoms with Crippen LogP contribution in [0.3, 0.4) is 0 Å². The third-order valence-electron chi connectivity index (χ3n) is 5.14. The van der Waals surface area contributed by atoms with Crippen LogP contribution < -0.4 is 20.3 Å². The van der Waals surface area contributed by atoms with E-state index in [0.29, 0.717) is 11.4 Å². The summed E-state index contributed by atoms with van der Waals surface area (Å²) >= 11 is 0. The Bertz CT molecular complexity index is 1320. The number of para-hydroxylation sites is 2. The van der Waals surface area contributed by atoms with Crippen molar-refractivity contribution >= 4 is 11.8 Å². The van der Waals surface area contributed by atoms with Crippen molar-refractivity contribution < 1.29 is 23.5 Å². The molecule has 2 amide bonds. The lowest BCUT2D eigenvalue weighted by Crippen LogP contribution is -2.47. The smallest absolute Gasteiger partial charge is 0.290 e. The Kier molecular flexibility index (Phi) is 7.06. The normalized spacial score (nSPS) is 11.4.